The molecule has 0 bridgehead atoms. The Morgan fingerprint density at radius 3 is 2.26 bits per heavy atom. The van der Waals surface area contributed by atoms with Crippen LogP contribution in [-0.4, -0.2) is 62.2 Å². The molecule has 31 heavy (non-hydrogen) atoms. The summed E-state index contributed by atoms with van der Waals surface area (Å²) >= 11 is 5.84. The van der Waals surface area contributed by atoms with Gasteiger partial charge in [-0.3, -0.25) is 9.59 Å². The minimum Gasteiger partial charge on any atom is -0.355 e. The zero-order chi connectivity index (χ0) is 23.0. The van der Waals surface area contributed by atoms with Crippen molar-refractivity contribution in [2.24, 2.45) is 0 Å². The molecule has 0 saturated heterocycles. The summed E-state index contributed by atoms with van der Waals surface area (Å²) in [7, 11) is -2.54. The van der Waals surface area contributed by atoms with Gasteiger partial charge in [-0.05, 0) is 50.1 Å². The molecule has 0 fully saturated rings. The lowest BCUT2D eigenvalue weighted by molar-refractivity contribution is -0.139. The number of rotatable bonds is 10. The summed E-state index contributed by atoms with van der Waals surface area (Å²) in [6, 6.07) is 14.6. The van der Waals surface area contributed by atoms with Crippen LogP contribution in [0.1, 0.15) is 19.4 Å². The van der Waals surface area contributed by atoms with Gasteiger partial charge in [-0.2, -0.15) is 4.31 Å². The second kappa shape index (κ2) is 11.3. The van der Waals surface area contributed by atoms with Crippen molar-refractivity contribution in [3.8, 4) is 0 Å². The number of amides is 2. The van der Waals surface area contributed by atoms with Crippen molar-refractivity contribution in [2.45, 2.75) is 31.2 Å². The molecule has 9 heteroatoms. The molecule has 1 N–H and O–H groups in total. The molecule has 2 aromatic carbocycles. The van der Waals surface area contributed by atoms with Crippen molar-refractivity contribution >= 4 is 33.4 Å². The maximum absolute atomic E-state index is 13.1. The molecule has 168 valence electrons. The third-order valence-corrected chi connectivity index (χ3v) is 6.95. The number of sulfonamides is 1. The molecule has 0 radical (unpaired) electrons. The van der Waals surface area contributed by atoms with E-state index < -0.39 is 22.0 Å². The number of halogens is 1. The summed E-state index contributed by atoms with van der Waals surface area (Å²) < 4.78 is 26.6. The Labute approximate surface area is 189 Å². The normalized spacial score (nSPS) is 12.4. The van der Waals surface area contributed by atoms with Crippen LogP contribution in [0.25, 0.3) is 0 Å². The van der Waals surface area contributed by atoms with Crippen LogP contribution in [0.4, 0.5) is 0 Å². The van der Waals surface area contributed by atoms with Crippen molar-refractivity contribution in [1.29, 1.82) is 0 Å². The lowest BCUT2D eigenvalue weighted by atomic mass is 10.1. The molecule has 0 spiro atoms. The van der Waals surface area contributed by atoms with Crippen LogP contribution in [0.3, 0.4) is 0 Å². The van der Waals surface area contributed by atoms with Gasteiger partial charge in [-0.25, -0.2) is 8.42 Å². The highest BCUT2D eigenvalue weighted by Gasteiger charge is 2.29. The third-order valence-electron chi connectivity index (χ3n) is 4.88. The van der Waals surface area contributed by atoms with E-state index in [4.69, 9.17) is 11.6 Å². The van der Waals surface area contributed by atoms with Crippen molar-refractivity contribution in [2.75, 3.05) is 26.7 Å². The summed E-state index contributed by atoms with van der Waals surface area (Å²) in [5.74, 6) is -0.734. The van der Waals surface area contributed by atoms with Gasteiger partial charge in [-0.15, -0.1) is 0 Å². The van der Waals surface area contributed by atoms with Crippen LogP contribution < -0.4 is 5.32 Å². The summed E-state index contributed by atoms with van der Waals surface area (Å²) in [6.07, 6.45) is 0.546. The van der Waals surface area contributed by atoms with Gasteiger partial charge in [0.1, 0.15) is 6.04 Å². The quantitative estimate of drug-likeness (QED) is 0.584. The number of nitrogens with one attached hydrogen (secondary N) is 1. The maximum Gasteiger partial charge on any atom is 0.243 e. The highest BCUT2D eigenvalue weighted by Crippen LogP contribution is 2.18. The van der Waals surface area contributed by atoms with E-state index in [0.717, 1.165) is 9.87 Å². The Hall–Kier alpha value is -2.42. The van der Waals surface area contributed by atoms with Crippen LogP contribution in [-0.2, 0) is 26.0 Å². The number of benzene rings is 2. The Bertz CT molecular complexity index is 982. The van der Waals surface area contributed by atoms with E-state index in [9.17, 15) is 18.0 Å². The van der Waals surface area contributed by atoms with Gasteiger partial charge in [-0.1, -0.05) is 41.9 Å². The zero-order valence-electron chi connectivity index (χ0n) is 17.9. The standard InChI is InChI=1S/C22H28ClN3O4S/c1-4-24-22(28)17(2)26(15-14-18-8-6-5-7-9-18)21(27)16-25(3)31(29,30)20-12-10-19(23)11-13-20/h5-13,17H,4,14-16H2,1-3H3,(H,24,28). The van der Waals surface area contributed by atoms with Gasteiger partial charge in [0, 0.05) is 25.2 Å². The van der Waals surface area contributed by atoms with E-state index in [1.54, 1.807) is 13.8 Å². The van der Waals surface area contributed by atoms with Crippen LogP contribution in [0.2, 0.25) is 5.02 Å². The van der Waals surface area contributed by atoms with Gasteiger partial charge in [0.15, 0.2) is 0 Å². The fourth-order valence-electron chi connectivity index (χ4n) is 3.04. The topological polar surface area (TPSA) is 86.8 Å². The summed E-state index contributed by atoms with van der Waals surface area (Å²) in [4.78, 5) is 26.9. The molecule has 2 rings (SSSR count). The van der Waals surface area contributed by atoms with Crippen molar-refractivity contribution in [3.63, 3.8) is 0 Å². The summed E-state index contributed by atoms with van der Waals surface area (Å²) in [5.41, 5.74) is 1.02. The molecule has 0 aliphatic heterocycles. The van der Waals surface area contributed by atoms with E-state index in [2.05, 4.69) is 5.32 Å². The SMILES string of the molecule is CCNC(=O)C(C)N(CCc1ccccc1)C(=O)CN(C)S(=O)(=O)c1ccc(Cl)cc1. The number of nitrogens with zero attached hydrogens (tertiary/aromatic N) is 2. The lowest BCUT2D eigenvalue weighted by Crippen LogP contribution is -2.51. The van der Waals surface area contributed by atoms with Gasteiger partial charge < -0.3 is 10.2 Å². The highest BCUT2D eigenvalue weighted by molar-refractivity contribution is 7.89. The van der Waals surface area contributed by atoms with Gasteiger partial charge >= 0.3 is 0 Å². The van der Waals surface area contributed by atoms with Gasteiger partial charge in [0.25, 0.3) is 0 Å². The predicted octanol–water partition coefficient (Wildman–Crippen LogP) is 2.56. The first kappa shape index (κ1) is 24.8. The fourth-order valence-corrected chi connectivity index (χ4v) is 4.29. The van der Waals surface area contributed by atoms with E-state index in [0.29, 0.717) is 18.0 Å². The molecular formula is C22H28ClN3O4S. The molecule has 0 saturated carbocycles. The molecule has 1 atom stereocenters. The van der Waals surface area contributed by atoms with E-state index in [1.165, 1.54) is 36.2 Å². The number of carbonyl (C=O) groups excluding carboxylic acids is 2. The van der Waals surface area contributed by atoms with Crippen LogP contribution in [0.5, 0.6) is 0 Å². The number of likely N-dealkylation sites (N-methyl/N-ethyl adjacent to an activating group) is 2. The summed E-state index contributed by atoms with van der Waals surface area (Å²) in [6.45, 7) is 3.78. The minimum absolute atomic E-state index is 0.0415. The minimum atomic E-state index is -3.88. The largest absolute Gasteiger partial charge is 0.355 e. The van der Waals surface area contributed by atoms with Gasteiger partial charge in [0.05, 0.1) is 11.4 Å². The fraction of sp³-hybridized carbons (Fsp3) is 0.364. The third kappa shape index (κ3) is 6.78. The molecular weight excluding hydrogens is 438 g/mol. The van der Waals surface area contributed by atoms with Crippen LogP contribution >= 0.6 is 11.6 Å². The number of carbonyl (C=O) groups is 2. The average Bonchev–Trinajstić information content (AvgIpc) is 2.74. The van der Waals surface area contributed by atoms with Crippen molar-refractivity contribution in [1.82, 2.24) is 14.5 Å². The molecule has 0 aliphatic carbocycles. The van der Waals surface area contributed by atoms with Crippen LogP contribution in [0.15, 0.2) is 59.5 Å². The van der Waals surface area contributed by atoms with E-state index >= 15 is 0 Å². The molecule has 0 aliphatic rings. The molecule has 2 amide bonds. The molecule has 0 heterocycles. The molecule has 2 aromatic rings. The second-order valence-electron chi connectivity index (χ2n) is 7.11. The maximum atomic E-state index is 13.1. The Balaban J connectivity index is 2.18. The predicted molar refractivity (Wildman–Crippen MR) is 121 cm³/mol. The molecule has 7 nitrogen and oxygen atoms in total. The summed E-state index contributed by atoms with van der Waals surface area (Å²) in [5, 5.41) is 3.13. The van der Waals surface area contributed by atoms with E-state index in [1.807, 2.05) is 30.3 Å². The Morgan fingerprint density at radius 1 is 1.06 bits per heavy atom. The smallest absolute Gasteiger partial charge is 0.243 e. The Kier molecular flexibility index (Phi) is 9.03. The average molecular weight is 466 g/mol. The monoisotopic (exact) mass is 465 g/mol. The first-order valence-corrected chi connectivity index (χ1v) is 11.8. The van der Waals surface area contributed by atoms with E-state index in [-0.39, 0.29) is 23.9 Å². The van der Waals surface area contributed by atoms with Gasteiger partial charge in [0.2, 0.25) is 21.8 Å². The first-order chi connectivity index (χ1) is 14.7. The number of hydrogen-bond acceptors (Lipinski definition) is 4. The lowest BCUT2D eigenvalue weighted by Gasteiger charge is -2.30. The van der Waals surface area contributed by atoms with Crippen molar-refractivity contribution < 1.29 is 18.0 Å². The molecule has 0 aromatic heterocycles. The zero-order valence-corrected chi connectivity index (χ0v) is 19.5. The van der Waals surface area contributed by atoms with Crippen LogP contribution in [0, 0.1) is 0 Å². The number of hydrogen-bond donors (Lipinski definition) is 1. The second-order valence-corrected chi connectivity index (χ2v) is 9.59. The first-order valence-electron chi connectivity index (χ1n) is 9.99. The molecule has 1 unspecified atom stereocenters. The van der Waals surface area contributed by atoms with Crippen molar-refractivity contribution in [3.05, 3.63) is 65.2 Å². The highest BCUT2D eigenvalue weighted by atomic mass is 35.5. The Morgan fingerprint density at radius 2 is 1.68 bits per heavy atom.